The molecule has 0 amide bonds. The van der Waals surface area contributed by atoms with Gasteiger partial charge in [-0.2, -0.15) is 0 Å². The fourth-order valence-corrected chi connectivity index (χ4v) is 2.74. The van der Waals surface area contributed by atoms with Gasteiger partial charge in [-0.05, 0) is 35.7 Å². The Balaban J connectivity index is 2.51. The first-order valence-electron chi connectivity index (χ1n) is 6.04. The smallest absolute Gasteiger partial charge is 0.345 e. The van der Waals surface area contributed by atoms with Crippen LogP contribution in [0.1, 0.15) is 35.0 Å². The van der Waals surface area contributed by atoms with Crippen LogP contribution in [0, 0.1) is 0 Å². The Labute approximate surface area is 116 Å². The van der Waals surface area contributed by atoms with Gasteiger partial charge < -0.3 is 9.84 Å². The first-order chi connectivity index (χ1) is 9.02. The molecule has 1 aromatic heterocycles. The van der Waals surface area contributed by atoms with Crippen LogP contribution in [0.2, 0.25) is 0 Å². The van der Waals surface area contributed by atoms with E-state index in [1.54, 1.807) is 13.2 Å². The zero-order chi connectivity index (χ0) is 14.0. The number of hydrogen-bond donors (Lipinski definition) is 1. The summed E-state index contributed by atoms with van der Waals surface area (Å²) in [6, 6.07) is 9.50. The molecule has 4 heteroatoms. The number of rotatable bonds is 4. The molecule has 0 unspecified atom stereocenters. The van der Waals surface area contributed by atoms with E-state index in [2.05, 4.69) is 19.9 Å². The lowest BCUT2D eigenvalue weighted by Crippen LogP contribution is -1.92. The van der Waals surface area contributed by atoms with Gasteiger partial charge in [0.05, 0.1) is 7.11 Å². The Bertz CT molecular complexity index is 599. The highest BCUT2D eigenvalue weighted by atomic mass is 32.1. The maximum atomic E-state index is 11.0. The van der Waals surface area contributed by atoms with Gasteiger partial charge in [-0.25, -0.2) is 4.79 Å². The van der Waals surface area contributed by atoms with Gasteiger partial charge in [0.15, 0.2) is 0 Å². The summed E-state index contributed by atoms with van der Waals surface area (Å²) in [5, 5.41) is 8.99. The maximum Gasteiger partial charge on any atom is 0.345 e. The Morgan fingerprint density at radius 1 is 1.26 bits per heavy atom. The number of carboxylic acid groups (broad SMARTS) is 1. The van der Waals surface area contributed by atoms with Crippen LogP contribution in [0.25, 0.3) is 10.4 Å². The Morgan fingerprint density at radius 2 is 2.00 bits per heavy atom. The molecule has 0 spiro atoms. The van der Waals surface area contributed by atoms with Gasteiger partial charge in [0.2, 0.25) is 0 Å². The number of carboxylic acids is 1. The SMILES string of the molecule is COc1ccc(C(C)C)cc1-c1ccc(C(=O)O)s1. The van der Waals surface area contributed by atoms with E-state index in [-0.39, 0.29) is 0 Å². The van der Waals surface area contributed by atoms with Crippen molar-refractivity contribution in [2.24, 2.45) is 0 Å². The van der Waals surface area contributed by atoms with Crippen LogP contribution in [-0.2, 0) is 0 Å². The molecule has 1 aromatic carbocycles. The van der Waals surface area contributed by atoms with Crippen LogP contribution >= 0.6 is 11.3 Å². The number of methoxy groups -OCH3 is 1. The Kier molecular flexibility index (Phi) is 3.90. The van der Waals surface area contributed by atoms with Gasteiger partial charge in [-0.1, -0.05) is 19.9 Å². The summed E-state index contributed by atoms with van der Waals surface area (Å²) in [6.07, 6.45) is 0. The lowest BCUT2D eigenvalue weighted by molar-refractivity contribution is 0.0702. The highest BCUT2D eigenvalue weighted by molar-refractivity contribution is 7.17. The molecule has 0 saturated carbocycles. The minimum Gasteiger partial charge on any atom is -0.496 e. The molecule has 0 fully saturated rings. The van der Waals surface area contributed by atoms with Gasteiger partial charge in [0.1, 0.15) is 10.6 Å². The van der Waals surface area contributed by atoms with E-state index in [0.717, 1.165) is 16.2 Å². The lowest BCUT2D eigenvalue weighted by Gasteiger charge is -2.11. The molecule has 2 aromatic rings. The van der Waals surface area contributed by atoms with E-state index in [0.29, 0.717) is 10.8 Å². The maximum absolute atomic E-state index is 11.0. The third kappa shape index (κ3) is 2.79. The molecule has 100 valence electrons. The summed E-state index contributed by atoms with van der Waals surface area (Å²) >= 11 is 1.26. The lowest BCUT2D eigenvalue weighted by atomic mass is 9.99. The predicted molar refractivity (Wildman–Crippen MR) is 77.4 cm³/mol. The second kappa shape index (κ2) is 5.45. The van der Waals surface area contributed by atoms with Crippen molar-refractivity contribution in [3.8, 4) is 16.2 Å². The third-order valence-corrected chi connectivity index (χ3v) is 4.08. The molecule has 1 N–H and O–H groups in total. The van der Waals surface area contributed by atoms with Crippen molar-refractivity contribution in [2.75, 3.05) is 7.11 Å². The summed E-state index contributed by atoms with van der Waals surface area (Å²) in [4.78, 5) is 12.2. The van der Waals surface area contributed by atoms with Gasteiger partial charge in [-0.15, -0.1) is 11.3 Å². The highest BCUT2D eigenvalue weighted by Gasteiger charge is 2.13. The van der Waals surface area contributed by atoms with Crippen LogP contribution in [0.3, 0.4) is 0 Å². The van der Waals surface area contributed by atoms with Crippen LogP contribution in [0.15, 0.2) is 30.3 Å². The summed E-state index contributed by atoms with van der Waals surface area (Å²) in [5.41, 5.74) is 2.16. The van der Waals surface area contributed by atoms with Gasteiger partial charge in [0.25, 0.3) is 0 Å². The standard InChI is InChI=1S/C15H16O3S/c1-9(2)10-4-5-12(18-3)11(8-10)13-6-7-14(19-13)15(16)17/h4-9H,1-3H3,(H,16,17). The molecule has 0 aliphatic carbocycles. The quantitative estimate of drug-likeness (QED) is 0.908. The van der Waals surface area contributed by atoms with Crippen molar-refractivity contribution < 1.29 is 14.6 Å². The van der Waals surface area contributed by atoms with Crippen molar-refractivity contribution in [1.29, 1.82) is 0 Å². The molecule has 0 aliphatic rings. The summed E-state index contributed by atoms with van der Waals surface area (Å²) in [6.45, 7) is 4.26. The van der Waals surface area contributed by atoms with Gasteiger partial charge in [0, 0.05) is 10.4 Å². The molecule has 0 saturated heterocycles. The second-order valence-corrected chi connectivity index (χ2v) is 5.67. The molecule has 19 heavy (non-hydrogen) atoms. The number of carbonyl (C=O) groups is 1. The molecule has 2 rings (SSSR count). The number of ether oxygens (including phenoxy) is 1. The molecular formula is C15H16O3S. The minimum absolute atomic E-state index is 0.340. The average molecular weight is 276 g/mol. The first-order valence-corrected chi connectivity index (χ1v) is 6.86. The number of benzene rings is 1. The van der Waals surface area contributed by atoms with Crippen LogP contribution in [-0.4, -0.2) is 18.2 Å². The zero-order valence-electron chi connectivity index (χ0n) is 11.1. The third-order valence-electron chi connectivity index (χ3n) is 2.97. The van der Waals surface area contributed by atoms with Crippen molar-refractivity contribution in [2.45, 2.75) is 19.8 Å². The summed E-state index contributed by atoms with van der Waals surface area (Å²) < 4.78 is 5.36. The van der Waals surface area contributed by atoms with Gasteiger partial charge in [-0.3, -0.25) is 0 Å². The summed E-state index contributed by atoms with van der Waals surface area (Å²) in [7, 11) is 1.62. The number of thiophene rings is 1. The van der Waals surface area contributed by atoms with E-state index >= 15 is 0 Å². The Hall–Kier alpha value is -1.81. The fraction of sp³-hybridized carbons (Fsp3) is 0.267. The van der Waals surface area contributed by atoms with E-state index in [4.69, 9.17) is 9.84 Å². The highest BCUT2D eigenvalue weighted by Crippen LogP contribution is 2.36. The van der Waals surface area contributed by atoms with Crippen molar-refractivity contribution in [3.05, 3.63) is 40.8 Å². The van der Waals surface area contributed by atoms with E-state index in [9.17, 15) is 4.79 Å². The molecule has 1 heterocycles. The van der Waals surface area contributed by atoms with Crippen molar-refractivity contribution >= 4 is 17.3 Å². The largest absolute Gasteiger partial charge is 0.496 e. The van der Waals surface area contributed by atoms with Crippen LogP contribution < -0.4 is 4.74 Å². The van der Waals surface area contributed by atoms with Crippen LogP contribution in [0.4, 0.5) is 0 Å². The fourth-order valence-electron chi connectivity index (χ4n) is 1.87. The van der Waals surface area contributed by atoms with Gasteiger partial charge >= 0.3 is 5.97 Å². The van der Waals surface area contributed by atoms with Crippen molar-refractivity contribution in [1.82, 2.24) is 0 Å². The van der Waals surface area contributed by atoms with Crippen molar-refractivity contribution in [3.63, 3.8) is 0 Å². The molecule has 0 radical (unpaired) electrons. The van der Waals surface area contributed by atoms with E-state index in [1.807, 2.05) is 18.2 Å². The van der Waals surface area contributed by atoms with E-state index in [1.165, 1.54) is 16.9 Å². The number of hydrogen-bond acceptors (Lipinski definition) is 3. The normalized spacial score (nSPS) is 10.7. The minimum atomic E-state index is -0.893. The van der Waals surface area contributed by atoms with Crippen LogP contribution in [0.5, 0.6) is 5.75 Å². The summed E-state index contributed by atoms with van der Waals surface area (Å²) in [5.74, 6) is 0.294. The zero-order valence-corrected chi connectivity index (χ0v) is 12.0. The van der Waals surface area contributed by atoms with E-state index < -0.39 is 5.97 Å². The average Bonchev–Trinajstić information content (AvgIpc) is 2.87. The Morgan fingerprint density at radius 3 is 2.53 bits per heavy atom. The monoisotopic (exact) mass is 276 g/mol. The predicted octanol–water partition coefficient (Wildman–Crippen LogP) is 4.25. The first kappa shape index (κ1) is 13.6. The molecule has 3 nitrogen and oxygen atoms in total. The topological polar surface area (TPSA) is 46.5 Å². The molecule has 0 bridgehead atoms. The number of aromatic carboxylic acids is 1. The molecule has 0 aliphatic heterocycles. The second-order valence-electron chi connectivity index (χ2n) is 4.58. The molecular weight excluding hydrogens is 260 g/mol. The molecule has 0 atom stereocenters.